The number of aryl methyl sites for hydroxylation is 2. The summed E-state index contributed by atoms with van der Waals surface area (Å²) in [6.07, 6.45) is -2.03. The molecule has 0 aliphatic heterocycles. The maximum atomic E-state index is 13.8. The lowest BCUT2D eigenvalue weighted by molar-refractivity contribution is -0.207. The van der Waals surface area contributed by atoms with Gasteiger partial charge in [-0.15, -0.1) is 11.3 Å². The number of esters is 1. The van der Waals surface area contributed by atoms with Crippen molar-refractivity contribution in [2.45, 2.75) is 57.8 Å². The third-order valence-corrected chi connectivity index (χ3v) is 4.87. The number of fused-ring (bicyclic) bond motifs is 1. The van der Waals surface area contributed by atoms with Crippen LogP contribution in [-0.4, -0.2) is 35.3 Å². The molecule has 140 valence electrons. The summed E-state index contributed by atoms with van der Waals surface area (Å²) in [6, 6.07) is 0. The minimum atomic E-state index is -5.11. The lowest BCUT2D eigenvalue weighted by Crippen LogP contribution is -2.69. The number of halogens is 3. The van der Waals surface area contributed by atoms with Gasteiger partial charge in [-0.1, -0.05) is 6.92 Å². The van der Waals surface area contributed by atoms with Gasteiger partial charge in [0.25, 0.3) is 0 Å². The van der Waals surface area contributed by atoms with Gasteiger partial charge in [-0.25, -0.2) is 9.78 Å². The Labute approximate surface area is 147 Å². The molecule has 1 amide bonds. The second-order valence-corrected chi connectivity index (χ2v) is 6.67. The van der Waals surface area contributed by atoms with Crippen LogP contribution >= 0.6 is 11.3 Å². The lowest BCUT2D eigenvalue weighted by Gasteiger charge is -2.34. The first-order valence-corrected chi connectivity index (χ1v) is 8.86. The summed E-state index contributed by atoms with van der Waals surface area (Å²) in [7, 11) is 0. The normalized spacial score (nSPS) is 16.5. The topological polar surface area (TPSA) is 80.3 Å². The van der Waals surface area contributed by atoms with E-state index in [1.165, 1.54) is 13.8 Å². The number of hydrogen-bond acceptors (Lipinski definition) is 6. The van der Waals surface area contributed by atoms with Gasteiger partial charge in [0.2, 0.25) is 5.91 Å². The molecule has 6 nitrogen and oxygen atoms in total. The van der Waals surface area contributed by atoms with Crippen molar-refractivity contribution >= 4 is 28.3 Å². The van der Waals surface area contributed by atoms with Gasteiger partial charge in [-0.2, -0.15) is 13.2 Å². The van der Waals surface area contributed by atoms with Crippen LogP contribution in [-0.2, 0) is 27.2 Å². The average molecular weight is 379 g/mol. The molecule has 0 saturated carbocycles. The molecule has 10 heteroatoms. The monoisotopic (exact) mass is 379 g/mol. The molecule has 1 aliphatic carbocycles. The van der Waals surface area contributed by atoms with Crippen molar-refractivity contribution < 1.29 is 27.5 Å². The van der Waals surface area contributed by atoms with E-state index in [1.54, 1.807) is 5.32 Å². The van der Waals surface area contributed by atoms with Crippen LogP contribution in [0, 0.1) is 0 Å². The van der Waals surface area contributed by atoms with Crippen molar-refractivity contribution in [2.24, 2.45) is 0 Å². The van der Waals surface area contributed by atoms with E-state index in [2.05, 4.69) is 15.0 Å². The Morgan fingerprint density at radius 2 is 1.92 bits per heavy atom. The quantitative estimate of drug-likeness (QED) is 0.587. The number of alkyl halides is 3. The number of carbonyl (C=O) groups excluding carboxylic acids is 2. The Morgan fingerprint density at radius 3 is 2.48 bits per heavy atom. The third kappa shape index (κ3) is 4.05. The number of hydrogen-bond donors (Lipinski definition) is 2. The van der Waals surface area contributed by atoms with Crippen molar-refractivity contribution in [1.29, 1.82) is 0 Å². The Hall–Kier alpha value is -1.84. The Bertz CT molecular complexity index is 624. The number of nitrogens with zero attached hydrogens (tertiary/aromatic N) is 1. The van der Waals surface area contributed by atoms with Crippen LogP contribution in [0.3, 0.4) is 0 Å². The number of anilines is 1. The molecule has 1 heterocycles. The zero-order chi connectivity index (χ0) is 18.7. The summed E-state index contributed by atoms with van der Waals surface area (Å²) in [4.78, 5) is 28.9. The second kappa shape index (κ2) is 7.59. The first-order chi connectivity index (χ1) is 11.7. The fourth-order valence-corrected chi connectivity index (χ4v) is 3.60. The molecule has 0 unspecified atom stereocenters. The summed E-state index contributed by atoms with van der Waals surface area (Å²) < 4.78 is 46.0. The zero-order valence-corrected chi connectivity index (χ0v) is 14.8. The van der Waals surface area contributed by atoms with Gasteiger partial charge in [0.05, 0.1) is 12.3 Å². The number of rotatable bonds is 6. The molecule has 1 aromatic heterocycles. The second-order valence-electron chi connectivity index (χ2n) is 5.59. The maximum Gasteiger partial charge on any atom is 0.442 e. The number of ether oxygens (including phenoxy) is 1. The van der Waals surface area contributed by atoms with E-state index in [9.17, 15) is 22.8 Å². The standard InChI is InChI=1S/C15H20F3N3O3S/c1-3-11(22)20-14(15(16,17)18,12(23)24-4-2)21-13-19-9-7-5-6-8-10(9)25-13/h3-8H2,1-2H3,(H,19,21)(H,20,22)/t14-/m0/s1. The average Bonchev–Trinajstić information content (AvgIpc) is 2.95. The summed E-state index contributed by atoms with van der Waals surface area (Å²) in [5, 5.41) is 3.80. The van der Waals surface area contributed by atoms with Crippen molar-refractivity contribution in [3.05, 3.63) is 10.6 Å². The number of thiazole rings is 1. The number of amides is 1. The van der Waals surface area contributed by atoms with E-state index in [0.717, 1.165) is 41.2 Å². The minimum Gasteiger partial charge on any atom is -0.463 e. The predicted molar refractivity (Wildman–Crippen MR) is 86.2 cm³/mol. The van der Waals surface area contributed by atoms with Gasteiger partial charge in [-0.05, 0) is 32.6 Å². The van der Waals surface area contributed by atoms with Gasteiger partial charge in [-0.3, -0.25) is 4.79 Å². The van der Waals surface area contributed by atoms with Crippen LogP contribution in [0.2, 0.25) is 0 Å². The van der Waals surface area contributed by atoms with E-state index in [1.807, 2.05) is 0 Å². The Kier molecular flexibility index (Phi) is 5.91. The largest absolute Gasteiger partial charge is 0.463 e. The predicted octanol–water partition coefficient (Wildman–Crippen LogP) is 2.78. The highest BCUT2D eigenvalue weighted by Crippen LogP contribution is 2.36. The molecular formula is C15H20F3N3O3S. The molecule has 1 aromatic rings. The molecule has 1 atom stereocenters. The van der Waals surface area contributed by atoms with E-state index < -0.39 is 23.7 Å². The number of carbonyl (C=O) groups is 2. The molecule has 1 aliphatic rings. The van der Waals surface area contributed by atoms with Crippen LogP contribution in [0.15, 0.2) is 0 Å². The molecule has 25 heavy (non-hydrogen) atoms. The van der Waals surface area contributed by atoms with E-state index in [4.69, 9.17) is 0 Å². The van der Waals surface area contributed by atoms with Crippen molar-refractivity contribution in [2.75, 3.05) is 11.9 Å². The molecule has 0 saturated heterocycles. The molecule has 0 radical (unpaired) electrons. The molecule has 0 bridgehead atoms. The molecule has 2 N–H and O–H groups in total. The third-order valence-electron chi connectivity index (χ3n) is 3.79. The van der Waals surface area contributed by atoms with Gasteiger partial charge < -0.3 is 15.4 Å². The van der Waals surface area contributed by atoms with Crippen LogP contribution in [0.25, 0.3) is 0 Å². The fourth-order valence-electron chi connectivity index (χ4n) is 2.49. The summed E-state index contributed by atoms with van der Waals surface area (Å²) in [5.41, 5.74) is -2.63. The Morgan fingerprint density at radius 1 is 1.24 bits per heavy atom. The minimum absolute atomic E-state index is 0.0614. The molecule has 0 aromatic carbocycles. The van der Waals surface area contributed by atoms with Gasteiger partial charge in [0, 0.05) is 11.3 Å². The first-order valence-electron chi connectivity index (χ1n) is 8.05. The highest BCUT2D eigenvalue weighted by molar-refractivity contribution is 7.15. The Balaban J connectivity index is 2.42. The van der Waals surface area contributed by atoms with Gasteiger partial charge >= 0.3 is 17.8 Å². The van der Waals surface area contributed by atoms with Gasteiger partial charge in [0.1, 0.15) is 0 Å². The molecule has 2 rings (SSSR count). The lowest BCUT2D eigenvalue weighted by atomic mass is 10.0. The van der Waals surface area contributed by atoms with Crippen LogP contribution in [0.5, 0.6) is 0 Å². The van der Waals surface area contributed by atoms with Gasteiger partial charge in [0.15, 0.2) is 5.13 Å². The van der Waals surface area contributed by atoms with Crippen LogP contribution in [0.1, 0.15) is 43.7 Å². The van der Waals surface area contributed by atoms with Crippen molar-refractivity contribution in [3.8, 4) is 0 Å². The van der Waals surface area contributed by atoms with Crippen LogP contribution in [0.4, 0.5) is 18.3 Å². The molecular weight excluding hydrogens is 359 g/mol. The smallest absolute Gasteiger partial charge is 0.442 e. The van der Waals surface area contributed by atoms with E-state index in [0.29, 0.717) is 6.42 Å². The van der Waals surface area contributed by atoms with Crippen LogP contribution < -0.4 is 10.6 Å². The number of aromatic nitrogens is 1. The zero-order valence-electron chi connectivity index (χ0n) is 14.0. The van der Waals surface area contributed by atoms with E-state index >= 15 is 0 Å². The highest BCUT2D eigenvalue weighted by atomic mass is 32.1. The summed E-state index contributed by atoms with van der Waals surface area (Å²) in [5.74, 6) is -2.54. The highest BCUT2D eigenvalue weighted by Gasteiger charge is 2.64. The fraction of sp³-hybridized carbons (Fsp3) is 0.667. The SMILES string of the molecule is CCOC(=O)[C@](NC(=O)CC)(Nc1nc2c(s1)CCCC2)C(F)(F)F. The molecule has 0 spiro atoms. The first kappa shape index (κ1) is 19.5. The van der Waals surface area contributed by atoms with E-state index in [-0.39, 0.29) is 18.2 Å². The number of nitrogens with one attached hydrogen (secondary N) is 2. The summed E-state index contributed by atoms with van der Waals surface area (Å²) in [6.45, 7) is 2.53. The van der Waals surface area contributed by atoms with Crippen molar-refractivity contribution in [3.63, 3.8) is 0 Å². The summed E-state index contributed by atoms with van der Waals surface area (Å²) >= 11 is 1.07. The molecule has 0 fully saturated rings. The van der Waals surface area contributed by atoms with Crippen molar-refractivity contribution in [1.82, 2.24) is 10.3 Å². The maximum absolute atomic E-state index is 13.8.